The van der Waals surface area contributed by atoms with Gasteiger partial charge in [0.15, 0.2) is 0 Å². The third-order valence-electron chi connectivity index (χ3n) is 2.34. The fourth-order valence-electron chi connectivity index (χ4n) is 1.59. The van der Waals surface area contributed by atoms with Crippen LogP contribution in [0.25, 0.3) is 11.4 Å². The first-order valence-corrected chi connectivity index (χ1v) is 6.39. The van der Waals surface area contributed by atoms with Crippen molar-refractivity contribution >= 4 is 23.2 Å². The van der Waals surface area contributed by atoms with Crippen LogP contribution < -0.4 is 0 Å². The minimum absolute atomic E-state index is 0.0913. The molecular formula is C13H14Cl2N2O. The molecule has 0 saturated carbocycles. The molecule has 0 atom stereocenters. The number of halogens is 2. The molecule has 0 saturated heterocycles. The van der Waals surface area contributed by atoms with Gasteiger partial charge in [-0.25, -0.2) is 0 Å². The Balaban J connectivity index is 2.36. The van der Waals surface area contributed by atoms with Crippen LogP contribution in [0.2, 0.25) is 10.0 Å². The molecule has 0 aliphatic heterocycles. The molecule has 1 heterocycles. The van der Waals surface area contributed by atoms with Gasteiger partial charge in [-0.15, -0.1) is 0 Å². The first-order chi connectivity index (χ1) is 8.37. The van der Waals surface area contributed by atoms with Crippen molar-refractivity contribution in [1.29, 1.82) is 0 Å². The van der Waals surface area contributed by atoms with Gasteiger partial charge in [0.25, 0.3) is 0 Å². The number of rotatable bonds is 2. The number of hydrogen-bond donors (Lipinski definition) is 0. The summed E-state index contributed by atoms with van der Waals surface area (Å²) < 4.78 is 5.23. The molecule has 96 valence electrons. The van der Waals surface area contributed by atoms with E-state index >= 15 is 0 Å². The van der Waals surface area contributed by atoms with Crippen LogP contribution in [0.4, 0.5) is 0 Å². The van der Waals surface area contributed by atoms with Gasteiger partial charge >= 0.3 is 0 Å². The summed E-state index contributed by atoms with van der Waals surface area (Å²) in [6.07, 6.45) is 0.710. The molecule has 0 amide bonds. The van der Waals surface area contributed by atoms with Crippen molar-refractivity contribution in [2.75, 3.05) is 0 Å². The van der Waals surface area contributed by atoms with Gasteiger partial charge in [0, 0.05) is 6.42 Å². The lowest BCUT2D eigenvalue weighted by Crippen LogP contribution is -2.09. The maximum atomic E-state index is 6.10. The molecule has 0 unspecified atom stereocenters. The molecular weight excluding hydrogens is 271 g/mol. The molecule has 2 rings (SSSR count). The minimum Gasteiger partial charge on any atom is -0.339 e. The van der Waals surface area contributed by atoms with E-state index in [9.17, 15) is 0 Å². The molecule has 18 heavy (non-hydrogen) atoms. The van der Waals surface area contributed by atoms with Crippen LogP contribution in [0, 0.1) is 5.41 Å². The fourth-order valence-corrected chi connectivity index (χ4v) is 2.16. The average Bonchev–Trinajstić information content (AvgIpc) is 2.63. The molecule has 0 fully saturated rings. The molecule has 1 aromatic heterocycles. The highest BCUT2D eigenvalue weighted by Crippen LogP contribution is 2.33. The van der Waals surface area contributed by atoms with Crippen molar-refractivity contribution in [3.63, 3.8) is 0 Å². The van der Waals surface area contributed by atoms with E-state index in [0.29, 0.717) is 33.7 Å². The Hall–Kier alpha value is -1.06. The zero-order chi connectivity index (χ0) is 13.3. The van der Waals surface area contributed by atoms with Crippen molar-refractivity contribution in [2.45, 2.75) is 27.2 Å². The highest BCUT2D eigenvalue weighted by atomic mass is 35.5. The maximum absolute atomic E-state index is 6.10. The zero-order valence-electron chi connectivity index (χ0n) is 10.5. The maximum Gasteiger partial charge on any atom is 0.227 e. The summed E-state index contributed by atoms with van der Waals surface area (Å²) in [6.45, 7) is 6.33. The number of hydrogen-bond acceptors (Lipinski definition) is 3. The van der Waals surface area contributed by atoms with Gasteiger partial charge < -0.3 is 4.52 Å². The van der Waals surface area contributed by atoms with Gasteiger partial charge in [-0.3, -0.25) is 0 Å². The van der Waals surface area contributed by atoms with Crippen LogP contribution in [0.15, 0.2) is 22.7 Å². The Kier molecular flexibility index (Phi) is 3.64. The summed E-state index contributed by atoms with van der Waals surface area (Å²) in [5.74, 6) is 1.03. The normalized spacial score (nSPS) is 11.8. The third kappa shape index (κ3) is 3.03. The molecule has 0 N–H and O–H groups in total. The lowest BCUT2D eigenvalue weighted by atomic mass is 9.92. The summed E-state index contributed by atoms with van der Waals surface area (Å²) in [7, 11) is 0. The predicted molar refractivity (Wildman–Crippen MR) is 72.9 cm³/mol. The molecule has 0 aliphatic carbocycles. The predicted octanol–water partition coefficient (Wildman–Crippen LogP) is 4.63. The Morgan fingerprint density at radius 3 is 2.33 bits per heavy atom. The lowest BCUT2D eigenvalue weighted by Gasteiger charge is -2.13. The number of aromatic nitrogens is 2. The van der Waals surface area contributed by atoms with Crippen molar-refractivity contribution in [3.8, 4) is 11.4 Å². The Labute approximate surface area is 116 Å². The topological polar surface area (TPSA) is 38.9 Å². The summed E-state index contributed by atoms with van der Waals surface area (Å²) in [4.78, 5) is 4.34. The molecule has 0 aliphatic rings. The van der Waals surface area contributed by atoms with Crippen LogP contribution in [0.1, 0.15) is 26.7 Å². The summed E-state index contributed by atoms with van der Waals surface area (Å²) in [6, 6.07) is 5.29. The van der Waals surface area contributed by atoms with Gasteiger partial charge in [-0.05, 0) is 17.5 Å². The van der Waals surface area contributed by atoms with Gasteiger partial charge in [0.1, 0.15) is 0 Å². The van der Waals surface area contributed by atoms with Crippen LogP contribution in [0.3, 0.4) is 0 Å². The molecule has 0 spiro atoms. The first kappa shape index (κ1) is 13.4. The lowest BCUT2D eigenvalue weighted by molar-refractivity contribution is 0.314. The highest BCUT2D eigenvalue weighted by molar-refractivity contribution is 6.38. The SMILES string of the molecule is CC(C)(C)Cc1nc(-c2c(Cl)cccc2Cl)no1. The van der Waals surface area contributed by atoms with E-state index < -0.39 is 0 Å². The van der Waals surface area contributed by atoms with Crippen molar-refractivity contribution < 1.29 is 4.52 Å². The van der Waals surface area contributed by atoms with E-state index in [4.69, 9.17) is 27.7 Å². The van der Waals surface area contributed by atoms with Gasteiger partial charge in [0.2, 0.25) is 11.7 Å². The van der Waals surface area contributed by atoms with Gasteiger partial charge in [-0.2, -0.15) is 4.98 Å². The summed E-state index contributed by atoms with van der Waals surface area (Å²) in [5, 5.41) is 4.98. The van der Waals surface area contributed by atoms with Crippen LogP contribution in [-0.4, -0.2) is 10.1 Å². The van der Waals surface area contributed by atoms with Crippen LogP contribution >= 0.6 is 23.2 Å². The second kappa shape index (κ2) is 4.90. The van der Waals surface area contributed by atoms with Gasteiger partial charge in [0.05, 0.1) is 15.6 Å². The second-order valence-corrected chi connectivity index (χ2v) is 6.16. The first-order valence-electron chi connectivity index (χ1n) is 5.64. The number of nitrogens with zero attached hydrogens (tertiary/aromatic N) is 2. The van der Waals surface area contributed by atoms with Crippen LogP contribution in [0.5, 0.6) is 0 Å². The van der Waals surface area contributed by atoms with Crippen molar-refractivity contribution in [2.24, 2.45) is 5.41 Å². The van der Waals surface area contributed by atoms with Crippen molar-refractivity contribution in [1.82, 2.24) is 10.1 Å². The monoisotopic (exact) mass is 284 g/mol. The van der Waals surface area contributed by atoms with E-state index in [1.54, 1.807) is 18.2 Å². The van der Waals surface area contributed by atoms with Gasteiger partial charge in [-0.1, -0.05) is 55.2 Å². The highest BCUT2D eigenvalue weighted by Gasteiger charge is 2.19. The molecule has 2 aromatic rings. The Bertz CT molecular complexity index is 538. The average molecular weight is 285 g/mol. The zero-order valence-corrected chi connectivity index (χ0v) is 12.0. The fraction of sp³-hybridized carbons (Fsp3) is 0.385. The standard InChI is InChI=1S/C13H14Cl2N2O/c1-13(2,3)7-10-16-12(17-18-10)11-8(14)5-4-6-9(11)15/h4-6H,7H2,1-3H3. The van der Waals surface area contributed by atoms with E-state index in [1.807, 2.05) is 0 Å². The molecule has 1 aromatic carbocycles. The molecule has 5 heteroatoms. The minimum atomic E-state index is 0.0913. The number of benzene rings is 1. The second-order valence-electron chi connectivity index (χ2n) is 5.35. The summed E-state index contributed by atoms with van der Waals surface area (Å²) >= 11 is 12.2. The third-order valence-corrected chi connectivity index (χ3v) is 2.97. The Morgan fingerprint density at radius 1 is 1.17 bits per heavy atom. The van der Waals surface area contributed by atoms with E-state index in [-0.39, 0.29) is 5.41 Å². The van der Waals surface area contributed by atoms with Crippen molar-refractivity contribution in [3.05, 3.63) is 34.1 Å². The smallest absolute Gasteiger partial charge is 0.227 e. The van der Waals surface area contributed by atoms with E-state index in [1.165, 1.54) is 0 Å². The molecule has 3 nitrogen and oxygen atoms in total. The van der Waals surface area contributed by atoms with Crippen LogP contribution in [-0.2, 0) is 6.42 Å². The van der Waals surface area contributed by atoms with E-state index in [2.05, 4.69) is 30.9 Å². The quantitative estimate of drug-likeness (QED) is 0.807. The van der Waals surface area contributed by atoms with E-state index in [0.717, 1.165) is 0 Å². The Morgan fingerprint density at radius 2 is 1.78 bits per heavy atom. The molecule has 0 radical (unpaired) electrons. The largest absolute Gasteiger partial charge is 0.339 e. The summed E-state index contributed by atoms with van der Waals surface area (Å²) in [5.41, 5.74) is 0.707. The molecule has 0 bridgehead atoms.